The first-order valence-corrected chi connectivity index (χ1v) is 8.28. The van der Waals surface area contributed by atoms with Gasteiger partial charge in [-0.15, -0.1) is 0 Å². The van der Waals surface area contributed by atoms with Gasteiger partial charge in [-0.3, -0.25) is 0 Å². The second-order valence-electron chi connectivity index (χ2n) is 5.26. The summed E-state index contributed by atoms with van der Waals surface area (Å²) in [6, 6.07) is 8.16. The zero-order valence-electron chi connectivity index (χ0n) is 14.1. The maximum Gasteiger partial charge on any atom is 0.122 e. The van der Waals surface area contributed by atoms with E-state index < -0.39 is 0 Å². The molecule has 0 amide bonds. The number of para-hydroxylation sites is 1. The highest BCUT2D eigenvalue weighted by atomic mass is 32.1. The Hall–Kier alpha value is -0.670. The second kappa shape index (κ2) is 13.3. The van der Waals surface area contributed by atoms with Crippen molar-refractivity contribution in [3.05, 3.63) is 29.8 Å². The average molecular weight is 300 g/mol. The third kappa shape index (κ3) is 12.4. The van der Waals surface area contributed by atoms with Crippen molar-refractivity contribution in [2.24, 2.45) is 5.73 Å². The first-order chi connectivity index (χ1) is 9.44. The van der Waals surface area contributed by atoms with E-state index in [4.69, 9.17) is 10.5 Å². The van der Waals surface area contributed by atoms with Crippen LogP contribution in [-0.2, 0) is 6.42 Å². The molecule has 0 aromatic heterocycles. The molecule has 0 saturated heterocycles. The molecule has 1 aromatic carbocycles. The molecular formula is C17H33NOS. The van der Waals surface area contributed by atoms with Crippen LogP contribution >= 0.6 is 12.6 Å². The van der Waals surface area contributed by atoms with Gasteiger partial charge in [0.1, 0.15) is 5.75 Å². The molecular weight excluding hydrogens is 266 g/mol. The third-order valence-corrected chi connectivity index (χ3v) is 2.36. The van der Waals surface area contributed by atoms with Gasteiger partial charge in [0.15, 0.2) is 0 Å². The maximum atomic E-state index is 5.89. The standard InChI is InChI=1S/C13H21NO.C3H8.CH4S/c1-4-11-7-5-6-8-12(11)15-10-9-13(2,3)14;1-3-2;1-2/h5-8H,4,9-10,14H2,1-3H3;3H2,1-2H3;2H,1H3. The predicted octanol–water partition coefficient (Wildman–Crippen LogP) is 4.72. The fourth-order valence-corrected chi connectivity index (χ4v) is 1.36. The molecule has 2 N–H and O–H groups in total. The van der Waals surface area contributed by atoms with Crippen LogP contribution in [0.1, 0.15) is 53.0 Å². The van der Waals surface area contributed by atoms with Crippen LogP contribution in [0.4, 0.5) is 0 Å². The molecule has 118 valence electrons. The number of aryl methyl sites for hydroxylation is 1. The largest absolute Gasteiger partial charge is 0.493 e. The lowest BCUT2D eigenvalue weighted by atomic mass is 10.0. The van der Waals surface area contributed by atoms with E-state index in [1.54, 1.807) is 6.26 Å². The van der Waals surface area contributed by atoms with Crippen molar-refractivity contribution in [1.82, 2.24) is 0 Å². The van der Waals surface area contributed by atoms with Crippen molar-refractivity contribution in [2.45, 2.75) is 59.4 Å². The molecule has 2 nitrogen and oxygen atoms in total. The van der Waals surface area contributed by atoms with Gasteiger partial charge in [0.25, 0.3) is 0 Å². The van der Waals surface area contributed by atoms with Crippen LogP contribution in [-0.4, -0.2) is 18.4 Å². The van der Waals surface area contributed by atoms with Crippen molar-refractivity contribution < 1.29 is 4.74 Å². The molecule has 3 heteroatoms. The molecule has 1 aromatic rings. The van der Waals surface area contributed by atoms with E-state index in [-0.39, 0.29) is 5.54 Å². The minimum atomic E-state index is -0.152. The first-order valence-electron chi connectivity index (χ1n) is 7.38. The molecule has 0 radical (unpaired) electrons. The second-order valence-corrected chi connectivity index (χ2v) is 5.26. The third-order valence-electron chi connectivity index (χ3n) is 2.36. The molecule has 20 heavy (non-hydrogen) atoms. The number of hydrogen-bond acceptors (Lipinski definition) is 3. The normalized spacial score (nSPS) is 9.80. The van der Waals surface area contributed by atoms with Crippen LogP contribution in [0, 0.1) is 0 Å². The zero-order valence-corrected chi connectivity index (χ0v) is 15.0. The lowest BCUT2D eigenvalue weighted by molar-refractivity contribution is 0.272. The Morgan fingerprint density at radius 3 is 2.05 bits per heavy atom. The van der Waals surface area contributed by atoms with Crippen molar-refractivity contribution in [3.8, 4) is 5.75 Å². The summed E-state index contributed by atoms with van der Waals surface area (Å²) >= 11 is 3.53. The van der Waals surface area contributed by atoms with Crippen molar-refractivity contribution in [1.29, 1.82) is 0 Å². The molecule has 0 atom stereocenters. The van der Waals surface area contributed by atoms with E-state index in [0.717, 1.165) is 18.6 Å². The zero-order chi connectivity index (χ0) is 16.0. The highest BCUT2D eigenvalue weighted by molar-refractivity contribution is 7.79. The van der Waals surface area contributed by atoms with Gasteiger partial charge >= 0.3 is 0 Å². The molecule has 0 aliphatic heterocycles. The Bertz CT molecular complexity index is 321. The van der Waals surface area contributed by atoms with Crippen LogP contribution in [0.5, 0.6) is 5.75 Å². The molecule has 0 saturated carbocycles. The lowest BCUT2D eigenvalue weighted by Gasteiger charge is -2.19. The van der Waals surface area contributed by atoms with Crippen molar-refractivity contribution >= 4 is 12.6 Å². The van der Waals surface area contributed by atoms with Gasteiger partial charge < -0.3 is 10.5 Å². The number of thiol groups is 1. The van der Waals surface area contributed by atoms with Crippen LogP contribution in [0.2, 0.25) is 0 Å². The number of rotatable bonds is 5. The molecule has 0 heterocycles. The van der Waals surface area contributed by atoms with Gasteiger partial charge in [-0.2, -0.15) is 12.6 Å². The average Bonchev–Trinajstić information content (AvgIpc) is 2.41. The number of ether oxygens (including phenoxy) is 1. The Morgan fingerprint density at radius 1 is 1.10 bits per heavy atom. The van der Waals surface area contributed by atoms with E-state index in [2.05, 4.69) is 39.5 Å². The van der Waals surface area contributed by atoms with Crippen LogP contribution in [0.3, 0.4) is 0 Å². The van der Waals surface area contributed by atoms with E-state index in [9.17, 15) is 0 Å². The molecule has 1 rings (SSSR count). The van der Waals surface area contributed by atoms with Gasteiger partial charge in [0.2, 0.25) is 0 Å². The smallest absolute Gasteiger partial charge is 0.122 e. The lowest BCUT2D eigenvalue weighted by Crippen LogP contribution is -2.33. The van der Waals surface area contributed by atoms with E-state index in [1.807, 2.05) is 32.0 Å². The predicted molar refractivity (Wildman–Crippen MR) is 95.1 cm³/mol. The summed E-state index contributed by atoms with van der Waals surface area (Å²) in [4.78, 5) is 0. The molecule has 0 bridgehead atoms. The Labute approximate surface area is 131 Å². The monoisotopic (exact) mass is 299 g/mol. The quantitative estimate of drug-likeness (QED) is 0.772. The van der Waals surface area contributed by atoms with Crippen LogP contribution < -0.4 is 10.5 Å². The fraction of sp³-hybridized carbons (Fsp3) is 0.647. The topological polar surface area (TPSA) is 35.2 Å². The van der Waals surface area contributed by atoms with Gasteiger partial charge in [-0.05, 0) is 44.6 Å². The Kier molecular flexibility index (Phi) is 14.4. The first kappa shape index (κ1) is 21.6. The Morgan fingerprint density at radius 2 is 1.60 bits per heavy atom. The molecule has 0 aliphatic carbocycles. The van der Waals surface area contributed by atoms with Gasteiger partial charge in [-0.25, -0.2) is 0 Å². The number of hydrogen-bond donors (Lipinski definition) is 2. The molecule has 0 spiro atoms. The highest BCUT2D eigenvalue weighted by Crippen LogP contribution is 2.19. The SMILES string of the molecule is CCC.CCc1ccccc1OCCC(C)(C)N.CS. The van der Waals surface area contributed by atoms with Crippen LogP contribution in [0.25, 0.3) is 0 Å². The molecule has 0 aliphatic rings. The minimum absolute atomic E-state index is 0.152. The summed E-state index contributed by atoms with van der Waals surface area (Å²) in [5, 5.41) is 0. The number of nitrogens with two attached hydrogens (primary N) is 1. The van der Waals surface area contributed by atoms with Crippen molar-refractivity contribution in [2.75, 3.05) is 12.9 Å². The van der Waals surface area contributed by atoms with Crippen molar-refractivity contribution in [3.63, 3.8) is 0 Å². The Balaban J connectivity index is 0. The fourth-order valence-electron chi connectivity index (χ4n) is 1.36. The van der Waals surface area contributed by atoms with E-state index in [0.29, 0.717) is 6.61 Å². The van der Waals surface area contributed by atoms with E-state index >= 15 is 0 Å². The maximum absolute atomic E-state index is 5.89. The molecule has 0 unspecified atom stereocenters. The molecule has 0 fully saturated rings. The number of benzene rings is 1. The van der Waals surface area contributed by atoms with Gasteiger partial charge in [-0.1, -0.05) is 45.4 Å². The van der Waals surface area contributed by atoms with Gasteiger partial charge in [0.05, 0.1) is 6.61 Å². The summed E-state index contributed by atoms with van der Waals surface area (Å²) in [7, 11) is 0. The minimum Gasteiger partial charge on any atom is -0.493 e. The summed E-state index contributed by atoms with van der Waals surface area (Å²) in [5.74, 6) is 0.990. The van der Waals surface area contributed by atoms with Crippen LogP contribution in [0.15, 0.2) is 24.3 Å². The summed E-state index contributed by atoms with van der Waals surface area (Å²) in [6.07, 6.45) is 4.81. The van der Waals surface area contributed by atoms with E-state index in [1.165, 1.54) is 12.0 Å². The van der Waals surface area contributed by atoms with Gasteiger partial charge in [0, 0.05) is 5.54 Å². The summed E-state index contributed by atoms with van der Waals surface area (Å²) in [6.45, 7) is 11.1. The summed E-state index contributed by atoms with van der Waals surface area (Å²) in [5.41, 5.74) is 7.00. The summed E-state index contributed by atoms with van der Waals surface area (Å²) < 4.78 is 5.72. The highest BCUT2D eigenvalue weighted by Gasteiger charge is 2.10.